The van der Waals surface area contributed by atoms with Crippen LogP contribution < -0.4 is 5.32 Å². The number of hydrogen-bond donors (Lipinski definition) is 2. The number of alkyl carbamates (subject to hydrolysis) is 1. The van der Waals surface area contributed by atoms with Crippen molar-refractivity contribution in [2.45, 2.75) is 39.0 Å². The maximum absolute atomic E-state index is 10.9. The first-order chi connectivity index (χ1) is 6.81. The van der Waals surface area contributed by atoms with Gasteiger partial charge >= 0.3 is 6.09 Å². The summed E-state index contributed by atoms with van der Waals surface area (Å²) in [4.78, 5) is 10.9. The normalized spacial score (nSPS) is 9.86. The van der Waals surface area contributed by atoms with Gasteiger partial charge in [0.15, 0.2) is 0 Å². The number of unbranched alkanes of at least 4 members (excludes halogenated alkanes) is 3. The molecule has 2 N–H and O–H groups in total. The molecule has 0 aromatic heterocycles. The lowest BCUT2D eigenvalue weighted by atomic mass is 10.2. The maximum Gasteiger partial charge on any atom is 0.407 e. The average molecular weight is 203 g/mol. The molecule has 0 spiro atoms. The molecule has 1 amide bonds. The van der Waals surface area contributed by atoms with Gasteiger partial charge in [-0.15, -0.1) is 0 Å². The number of rotatable bonds is 8. The Balaban J connectivity index is 3.10. The predicted octanol–water partition coefficient (Wildman–Crippen LogP) is 1.68. The van der Waals surface area contributed by atoms with Gasteiger partial charge in [0.2, 0.25) is 0 Å². The Morgan fingerprint density at radius 2 is 2.07 bits per heavy atom. The number of aliphatic hydroxyl groups is 1. The zero-order chi connectivity index (χ0) is 10.6. The summed E-state index contributed by atoms with van der Waals surface area (Å²) in [5, 5.41) is 11.1. The fourth-order valence-corrected chi connectivity index (χ4v) is 1.02. The van der Waals surface area contributed by atoms with Crippen LogP contribution in [0.5, 0.6) is 0 Å². The third kappa shape index (κ3) is 9.32. The van der Waals surface area contributed by atoms with Gasteiger partial charge in [-0.05, 0) is 6.42 Å². The molecule has 0 radical (unpaired) electrons. The molecule has 0 rings (SSSR count). The van der Waals surface area contributed by atoms with Crippen LogP contribution in [-0.2, 0) is 4.74 Å². The summed E-state index contributed by atoms with van der Waals surface area (Å²) < 4.78 is 4.78. The molecule has 4 heteroatoms. The molecule has 0 aliphatic heterocycles. The second-order valence-electron chi connectivity index (χ2n) is 3.20. The van der Waals surface area contributed by atoms with Crippen molar-refractivity contribution < 1.29 is 14.6 Å². The standard InChI is InChI=1S/C10H21NO3/c1-2-3-4-5-7-11-10(13)14-9-6-8-12/h12H,2-9H2,1H3,(H,11,13). The van der Waals surface area contributed by atoms with E-state index in [4.69, 9.17) is 9.84 Å². The molecular formula is C10H21NO3. The largest absolute Gasteiger partial charge is 0.449 e. The number of hydrogen-bond acceptors (Lipinski definition) is 3. The van der Waals surface area contributed by atoms with Gasteiger partial charge in [0.1, 0.15) is 0 Å². The van der Waals surface area contributed by atoms with Crippen LogP contribution in [-0.4, -0.2) is 31.0 Å². The molecule has 0 unspecified atom stereocenters. The highest BCUT2D eigenvalue weighted by molar-refractivity contribution is 5.66. The molecule has 0 aliphatic carbocycles. The molecule has 14 heavy (non-hydrogen) atoms. The molecule has 0 aromatic rings. The molecule has 0 saturated heterocycles. The van der Waals surface area contributed by atoms with E-state index in [1.165, 1.54) is 12.8 Å². The van der Waals surface area contributed by atoms with Crippen molar-refractivity contribution in [3.8, 4) is 0 Å². The van der Waals surface area contributed by atoms with E-state index in [2.05, 4.69) is 12.2 Å². The minimum Gasteiger partial charge on any atom is -0.449 e. The molecule has 84 valence electrons. The van der Waals surface area contributed by atoms with Crippen LogP contribution in [0.2, 0.25) is 0 Å². The van der Waals surface area contributed by atoms with Gasteiger partial charge in [0, 0.05) is 19.6 Å². The van der Waals surface area contributed by atoms with Crippen LogP contribution in [0.4, 0.5) is 4.79 Å². The highest BCUT2D eigenvalue weighted by Crippen LogP contribution is 1.97. The van der Waals surface area contributed by atoms with E-state index in [0.29, 0.717) is 13.0 Å². The summed E-state index contributed by atoms with van der Waals surface area (Å²) in [6.07, 6.45) is 4.68. The molecular weight excluding hydrogens is 182 g/mol. The molecule has 0 fully saturated rings. The Labute approximate surface area is 85.6 Å². The van der Waals surface area contributed by atoms with E-state index in [1.54, 1.807) is 0 Å². The Kier molecular flexibility index (Phi) is 9.74. The summed E-state index contributed by atoms with van der Waals surface area (Å²) in [6, 6.07) is 0. The second-order valence-corrected chi connectivity index (χ2v) is 3.20. The lowest BCUT2D eigenvalue weighted by molar-refractivity contribution is 0.135. The average Bonchev–Trinajstić information content (AvgIpc) is 2.18. The van der Waals surface area contributed by atoms with E-state index in [9.17, 15) is 4.79 Å². The van der Waals surface area contributed by atoms with Crippen molar-refractivity contribution in [1.82, 2.24) is 5.32 Å². The smallest absolute Gasteiger partial charge is 0.407 e. The molecule has 4 nitrogen and oxygen atoms in total. The first-order valence-electron chi connectivity index (χ1n) is 5.32. The SMILES string of the molecule is CCCCCCNC(=O)OCCCO. The molecule has 0 bridgehead atoms. The summed E-state index contributed by atoms with van der Waals surface area (Å²) in [5.74, 6) is 0. The highest BCUT2D eigenvalue weighted by atomic mass is 16.5. The third-order valence-electron chi connectivity index (χ3n) is 1.84. The van der Waals surface area contributed by atoms with Gasteiger partial charge in [-0.25, -0.2) is 4.79 Å². The zero-order valence-electron chi connectivity index (χ0n) is 8.92. The van der Waals surface area contributed by atoms with Gasteiger partial charge in [-0.3, -0.25) is 0 Å². The van der Waals surface area contributed by atoms with Crippen LogP contribution in [0.25, 0.3) is 0 Å². The van der Waals surface area contributed by atoms with E-state index >= 15 is 0 Å². The fraction of sp³-hybridized carbons (Fsp3) is 0.900. The van der Waals surface area contributed by atoms with E-state index in [1.807, 2.05) is 0 Å². The molecule has 0 atom stereocenters. The van der Waals surface area contributed by atoms with E-state index in [0.717, 1.165) is 12.8 Å². The lowest BCUT2D eigenvalue weighted by Crippen LogP contribution is -2.25. The molecule has 0 aliphatic rings. The number of ether oxygens (including phenoxy) is 1. The molecule has 0 saturated carbocycles. The van der Waals surface area contributed by atoms with E-state index in [-0.39, 0.29) is 19.3 Å². The van der Waals surface area contributed by atoms with Gasteiger partial charge in [0.25, 0.3) is 0 Å². The van der Waals surface area contributed by atoms with Gasteiger partial charge in [-0.2, -0.15) is 0 Å². The van der Waals surface area contributed by atoms with Gasteiger partial charge in [-0.1, -0.05) is 26.2 Å². The summed E-state index contributed by atoms with van der Waals surface area (Å²) >= 11 is 0. The number of aliphatic hydroxyl groups excluding tert-OH is 1. The van der Waals surface area contributed by atoms with Crippen LogP contribution >= 0.6 is 0 Å². The Hall–Kier alpha value is -0.770. The van der Waals surface area contributed by atoms with Crippen LogP contribution in [0.15, 0.2) is 0 Å². The molecule has 0 heterocycles. The maximum atomic E-state index is 10.9. The third-order valence-corrected chi connectivity index (χ3v) is 1.84. The topological polar surface area (TPSA) is 58.6 Å². The van der Waals surface area contributed by atoms with Crippen molar-refractivity contribution in [3.05, 3.63) is 0 Å². The number of carbonyl (C=O) groups excluding carboxylic acids is 1. The molecule has 0 aromatic carbocycles. The van der Waals surface area contributed by atoms with Crippen molar-refractivity contribution >= 4 is 6.09 Å². The van der Waals surface area contributed by atoms with E-state index < -0.39 is 0 Å². The Morgan fingerprint density at radius 3 is 2.71 bits per heavy atom. The first-order valence-corrected chi connectivity index (χ1v) is 5.32. The monoisotopic (exact) mass is 203 g/mol. The Bertz CT molecular complexity index is 139. The fourth-order valence-electron chi connectivity index (χ4n) is 1.02. The van der Waals surface area contributed by atoms with Crippen LogP contribution in [0.1, 0.15) is 39.0 Å². The number of carbonyl (C=O) groups is 1. The highest BCUT2D eigenvalue weighted by Gasteiger charge is 1.99. The van der Waals surface area contributed by atoms with Gasteiger partial charge < -0.3 is 15.2 Å². The van der Waals surface area contributed by atoms with Crippen molar-refractivity contribution in [2.24, 2.45) is 0 Å². The summed E-state index contributed by atoms with van der Waals surface area (Å²) in [6.45, 7) is 3.18. The predicted molar refractivity (Wildman–Crippen MR) is 55.2 cm³/mol. The quantitative estimate of drug-likeness (QED) is 0.590. The minimum absolute atomic E-state index is 0.0593. The van der Waals surface area contributed by atoms with Crippen LogP contribution in [0, 0.1) is 0 Å². The lowest BCUT2D eigenvalue weighted by Gasteiger charge is -2.05. The second kappa shape index (κ2) is 10.3. The number of nitrogens with one attached hydrogen (secondary N) is 1. The van der Waals surface area contributed by atoms with Crippen molar-refractivity contribution in [1.29, 1.82) is 0 Å². The number of amides is 1. The Morgan fingerprint density at radius 1 is 1.29 bits per heavy atom. The van der Waals surface area contributed by atoms with Crippen LogP contribution in [0.3, 0.4) is 0 Å². The summed E-state index contributed by atoms with van der Waals surface area (Å²) in [5.41, 5.74) is 0. The summed E-state index contributed by atoms with van der Waals surface area (Å²) in [7, 11) is 0. The van der Waals surface area contributed by atoms with Crippen molar-refractivity contribution in [2.75, 3.05) is 19.8 Å². The van der Waals surface area contributed by atoms with Gasteiger partial charge in [0.05, 0.1) is 6.61 Å². The zero-order valence-corrected chi connectivity index (χ0v) is 8.92. The minimum atomic E-state index is -0.380. The van der Waals surface area contributed by atoms with Crippen molar-refractivity contribution in [3.63, 3.8) is 0 Å². The first kappa shape index (κ1) is 13.2.